The Hall–Kier alpha value is -2.27. The van der Waals surface area contributed by atoms with E-state index in [1.165, 1.54) is 12.3 Å². The number of fused-ring (bicyclic) bond motifs is 1. The van der Waals surface area contributed by atoms with Crippen LogP contribution in [0.3, 0.4) is 0 Å². The van der Waals surface area contributed by atoms with Crippen molar-refractivity contribution < 1.29 is 9.18 Å². The van der Waals surface area contributed by atoms with E-state index in [0.717, 1.165) is 30.3 Å². The summed E-state index contributed by atoms with van der Waals surface area (Å²) < 4.78 is 13.5. The van der Waals surface area contributed by atoms with Gasteiger partial charge in [-0.25, -0.2) is 4.39 Å². The van der Waals surface area contributed by atoms with E-state index >= 15 is 0 Å². The maximum absolute atomic E-state index is 13.5. The minimum Gasteiger partial charge on any atom is -0.322 e. The van der Waals surface area contributed by atoms with Crippen LogP contribution in [0.5, 0.6) is 0 Å². The number of pyridine rings is 1. The smallest absolute Gasteiger partial charge is 0.246 e. The predicted molar refractivity (Wildman–Crippen MR) is 73.7 cm³/mol. The van der Waals surface area contributed by atoms with Crippen molar-refractivity contribution in [2.45, 2.75) is 12.5 Å². The van der Waals surface area contributed by atoms with Crippen LogP contribution in [0.2, 0.25) is 0 Å². The Morgan fingerprint density at radius 1 is 1.35 bits per heavy atom. The lowest BCUT2D eigenvalue weighted by Gasteiger charge is -2.26. The summed E-state index contributed by atoms with van der Waals surface area (Å²) in [6.07, 6.45) is 3.42. The maximum atomic E-state index is 13.5. The molecule has 2 aromatic rings. The Morgan fingerprint density at radius 3 is 3.05 bits per heavy atom. The Bertz CT molecular complexity index is 645. The molecule has 3 rings (SSSR count). The quantitative estimate of drug-likeness (QED) is 0.879. The highest BCUT2D eigenvalue weighted by atomic mass is 19.1. The van der Waals surface area contributed by atoms with Gasteiger partial charge in [0.2, 0.25) is 5.91 Å². The van der Waals surface area contributed by atoms with Crippen LogP contribution in [-0.4, -0.2) is 17.4 Å². The summed E-state index contributed by atoms with van der Waals surface area (Å²) in [5.41, 5.74) is 2.25. The Labute approximate surface area is 116 Å². The predicted octanol–water partition coefficient (Wildman–Crippen LogP) is 2.05. The lowest BCUT2D eigenvalue weighted by Crippen LogP contribution is -2.38. The van der Waals surface area contributed by atoms with Crippen LogP contribution < -0.4 is 10.6 Å². The fraction of sp³-hybridized carbons (Fsp3) is 0.200. The van der Waals surface area contributed by atoms with Gasteiger partial charge in [0.1, 0.15) is 6.04 Å². The Balaban J connectivity index is 1.84. The molecule has 102 valence electrons. The average molecular weight is 271 g/mol. The van der Waals surface area contributed by atoms with Gasteiger partial charge in [-0.05, 0) is 23.6 Å². The summed E-state index contributed by atoms with van der Waals surface area (Å²) in [4.78, 5) is 16.0. The summed E-state index contributed by atoms with van der Waals surface area (Å²) in [5, 5.41) is 5.77. The van der Waals surface area contributed by atoms with E-state index in [4.69, 9.17) is 0 Å². The minimum atomic E-state index is -0.537. The first-order chi connectivity index (χ1) is 9.75. The molecule has 0 radical (unpaired) electrons. The van der Waals surface area contributed by atoms with Gasteiger partial charge >= 0.3 is 0 Å². The van der Waals surface area contributed by atoms with Gasteiger partial charge in [0.25, 0.3) is 0 Å². The average Bonchev–Trinajstić information content (AvgIpc) is 2.49. The van der Waals surface area contributed by atoms with Crippen molar-refractivity contribution in [3.05, 3.63) is 59.7 Å². The molecule has 0 saturated carbocycles. The molecule has 0 fully saturated rings. The van der Waals surface area contributed by atoms with Crippen molar-refractivity contribution in [3.8, 4) is 0 Å². The molecule has 0 bridgehead atoms. The zero-order valence-corrected chi connectivity index (χ0v) is 10.8. The number of nitrogens with one attached hydrogen (secondary N) is 2. The molecule has 1 amide bonds. The summed E-state index contributed by atoms with van der Waals surface area (Å²) >= 11 is 0. The molecule has 5 heteroatoms. The largest absolute Gasteiger partial charge is 0.322 e. The lowest BCUT2D eigenvalue weighted by molar-refractivity contribution is -0.118. The third-order valence-electron chi connectivity index (χ3n) is 3.40. The summed E-state index contributed by atoms with van der Waals surface area (Å²) in [7, 11) is 0. The molecule has 1 unspecified atom stereocenters. The van der Waals surface area contributed by atoms with Gasteiger partial charge < -0.3 is 10.6 Å². The normalized spacial score (nSPS) is 17.4. The number of carbonyl (C=O) groups is 1. The van der Waals surface area contributed by atoms with Crippen molar-refractivity contribution in [2.75, 3.05) is 11.9 Å². The summed E-state index contributed by atoms with van der Waals surface area (Å²) in [6, 6.07) is 8.80. The van der Waals surface area contributed by atoms with Crippen LogP contribution in [0.15, 0.2) is 42.7 Å². The van der Waals surface area contributed by atoms with Crippen molar-refractivity contribution in [1.82, 2.24) is 10.3 Å². The molecule has 4 nitrogen and oxygen atoms in total. The molecule has 1 aromatic heterocycles. The molecule has 1 aliphatic rings. The van der Waals surface area contributed by atoms with Crippen molar-refractivity contribution in [1.29, 1.82) is 0 Å². The number of aromatic nitrogens is 1. The van der Waals surface area contributed by atoms with Crippen LogP contribution in [0.25, 0.3) is 0 Å². The molecular weight excluding hydrogens is 257 g/mol. The molecule has 0 spiro atoms. The number of anilines is 1. The molecule has 2 N–H and O–H groups in total. The zero-order valence-electron chi connectivity index (χ0n) is 10.8. The first-order valence-corrected chi connectivity index (χ1v) is 6.47. The van der Waals surface area contributed by atoms with Gasteiger partial charge in [0, 0.05) is 12.7 Å². The van der Waals surface area contributed by atoms with Crippen molar-refractivity contribution in [3.63, 3.8) is 0 Å². The topological polar surface area (TPSA) is 54.0 Å². The van der Waals surface area contributed by atoms with E-state index in [-0.39, 0.29) is 11.6 Å². The maximum Gasteiger partial charge on any atom is 0.246 e. The second kappa shape index (κ2) is 5.38. The van der Waals surface area contributed by atoms with Crippen molar-refractivity contribution in [2.24, 2.45) is 0 Å². The number of amides is 1. The van der Waals surface area contributed by atoms with Crippen LogP contribution >= 0.6 is 0 Å². The molecule has 1 aromatic carbocycles. The molecule has 2 heterocycles. The lowest BCUT2D eigenvalue weighted by atomic mass is 9.94. The monoisotopic (exact) mass is 271 g/mol. The Kier molecular flexibility index (Phi) is 3.43. The van der Waals surface area contributed by atoms with Gasteiger partial charge in [-0.1, -0.05) is 24.3 Å². The van der Waals surface area contributed by atoms with Gasteiger partial charge in [-0.3, -0.25) is 9.78 Å². The second-order valence-corrected chi connectivity index (χ2v) is 4.68. The second-order valence-electron chi connectivity index (χ2n) is 4.68. The molecular formula is C15H14FN3O. The van der Waals surface area contributed by atoms with Gasteiger partial charge in [0.05, 0.1) is 11.9 Å². The number of benzene rings is 1. The number of carbonyl (C=O) groups excluding carboxylic acids is 1. The minimum absolute atomic E-state index is 0.148. The number of hydrogen-bond donors (Lipinski definition) is 2. The molecule has 1 atom stereocenters. The number of rotatable bonds is 2. The SMILES string of the molecule is O=C(Nc1ccncc1F)C1NCCc2ccccc21. The Morgan fingerprint density at radius 2 is 2.20 bits per heavy atom. The van der Waals surface area contributed by atoms with Gasteiger partial charge in [0.15, 0.2) is 5.82 Å². The van der Waals surface area contributed by atoms with E-state index in [0.29, 0.717) is 0 Å². The third-order valence-corrected chi connectivity index (χ3v) is 3.40. The molecule has 20 heavy (non-hydrogen) atoms. The van der Waals surface area contributed by atoms with Crippen LogP contribution in [0.1, 0.15) is 17.2 Å². The zero-order chi connectivity index (χ0) is 13.9. The van der Waals surface area contributed by atoms with Crippen molar-refractivity contribution >= 4 is 11.6 Å². The first-order valence-electron chi connectivity index (χ1n) is 6.47. The number of nitrogens with zero attached hydrogens (tertiary/aromatic N) is 1. The van der Waals surface area contributed by atoms with E-state index in [1.54, 1.807) is 0 Å². The third kappa shape index (κ3) is 2.40. The number of hydrogen-bond acceptors (Lipinski definition) is 3. The first kappa shape index (κ1) is 12.7. The highest BCUT2D eigenvalue weighted by molar-refractivity contribution is 5.96. The summed E-state index contributed by atoms with van der Waals surface area (Å²) in [6.45, 7) is 0.730. The highest BCUT2D eigenvalue weighted by Crippen LogP contribution is 2.24. The van der Waals surface area contributed by atoms with Crippen LogP contribution in [-0.2, 0) is 11.2 Å². The fourth-order valence-electron chi connectivity index (χ4n) is 2.42. The van der Waals surface area contributed by atoms with E-state index in [1.807, 2.05) is 24.3 Å². The number of halogens is 1. The van der Waals surface area contributed by atoms with Gasteiger partial charge in [-0.2, -0.15) is 0 Å². The van der Waals surface area contributed by atoms with Gasteiger partial charge in [-0.15, -0.1) is 0 Å². The molecule has 0 aliphatic carbocycles. The van der Waals surface area contributed by atoms with E-state index < -0.39 is 11.9 Å². The summed E-state index contributed by atoms with van der Waals surface area (Å²) in [5.74, 6) is -0.799. The standard InChI is InChI=1S/C15H14FN3O/c16-12-9-17-7-6-13(12)19-15(20)14-11-4-2-1-3-10(11)5-8-18-14/h1-4,6-7,9,14,18H,5,8H2,(H,17,19,20). The molecule has 0 saturated heterocycles. The van der Waals surface area contributed by atoms with Crippen LogP contribution in [0, 0.1) is 5.82 Å². The highest BCUT2D eigenvalue weighted by Gasteiger charge is 2.26. The fourth-order valence-corrected chi connectivity index (χ4v) is 2.42. The van der Waals surface area contributed by atoms with E-state index in [2.05, 4.69) is 15.6 Å². The van der Waals surface area contributed by atoms with Crippen LogP contribution in [0.4, 0.5) is 10.1 Å². The van der Waals surface area contributed by atoms with E-state index in [9.17, 15) is 9.18 Å². The molecule has 1 aliphatic heterocycles.